The van der Waals surface area contributed by atoms with Gasteiger partial charge in [0.1, 0.15) is 17.9 Å². The Labute approximate surface area is 164 Å². The second-order valence-corrected chi connectivity index (χ2v) is 6.97. The van der Waals surface area contributed by atoms with Crippen LogP contribution in [0.5, 0.6) is 0 Å². The Morgan fingerprint density at radius 1 is 1.29 bits per heavy atom. The molecule has 0 bridgehead atoms. The topological polar surface area (TPSA) is 93.7 Å². The van der Waals surface area contributed by atoms with Crippen molar-refractivity contribution in [2.75, 3.05) is 19.0 Å². The Kier molecular flexibility index (Phi) is 7.80. The molecule has 1 aromatic carbocycles. The smallest absolute Gasteiger partial charge is 0.338 e. The van der Waals surface area contributed by atoms with Crippen molar-refractivity contribution < 1.29 is 32.6 Å². The van der Waals surface area contributed by atoms with Gasteiger partial charge in [0.2, 0.25) is 0 Å². The van der Waals surface area contributed by atoms with Crippen LogP contribution >= 0.6 is 11.8 Å². The SMILES string of the molecule is CCO/C=C/C(=O)NC(=O)N[C@@H]1CS[C@@H](COC(=O)c2ccccc2)C1(F)F. The van der Waals surface area contributed by atoms with Crippen molar-refractivity contribution in [3.05, 3.63) is 48.2 Å². The third-order valence-corrected chi connectivity index (χ3v) is 5.14. The predicted octanol–water partition coefficient (Wildman–Crippen LogP) is 2.34. The summed E-state index contributed by atoms with van der Waals surface area (Å²) in [5.41, 5.74) is 0.265. The van der Waals surface area contributed by atoms with E-state index in [4.69, 9.17) is 9.47 Å². The molecule has 2 atom stereocenters. The van der Waals surface area contributed by atoms with Crippen LogP contribution in [0.25, 0.3) is 0 Å². The molecule has 2 N–H and O–H groups in total. The molecule has 0 radical (unpaired) electrons. The molecule has 1 aliphatic heterocycles. The summed E-state index contributed by atoms with van der Waals surface area (Å²) in [5.74, 6) is -4.90. The normalized spacial score (nSPS) is 20.5. The van der Waals surface area contributed by atoms with E-state index in [9.17, 15) is 23.2 Å². The Balaban J connectivity index is 1.84. The highest BCUT2D eigenvalue weighted by Gasteiger charge is 2.54. The minimum Gasteiger partial charge on any atom is -0.501 e. The number of carbonyl (C=O) groups excluding carboxylic acids is 3. The van der Waals surface area contributed by atoms with Crippen LogP contribution < -0.4 is 10.6 Å². The summed E-state index contributed by atoms with van der Waals surface area (Å²) in [5, 5.41) is 2.68. The molecule has 0 spiro atoms. The molecule has 0 saturated carbocycles. The number of benzene rings is 1. The van der Waals surface area contributed by atoms with E-state index in [0.717, 1.165) is 24.1 Å². The van der Waals surface area contributed by atoms with E-state index in [0.29, 0.717) is 6.61 Å². The lowest BCUT2D eigenvalue weighted by Gasteiger charge is -2.24. The van der Waals surface area contributed by atoms with Gasteiger partial charge in [-0.15, -0.1) is 11.8 Å². The van der Waals surface area contributed by atoms with Gasteiger partial charge >= 0.3 is 12.0 Å². The number of nitrogens with one attached hydrogen (secondary N) is 2. The molecule has 152 valence electrons. The third-order valence-electron chi connectivity index (χ3n) is 3.76. The lowest BCUT2D eigenvalue weighted by molar-refractivity contribution is -0.115. The van der Waals surface area contributed by atoms with Gasteiger partial charge in [0.25, 0.3) is 11.8 Å². The van der Waals surface area contributed by atoms with Crippen molar-refractivity contribution >= 4 is 29.7 Å². The average Bonchev–Trinajstić information content (AvgIpc) is 2.94. The van der Waals surface area contributed by atoms with Crippen molar-refractivity contribution in [3.8, 4) is 0 Å². The van der Waals surface area contributed by atoms with Crippen molar-refractivity contribution in [2.45, 2.75) is 24.1 Å². The molecule has 2 rings (SSSR count). The second-order valence-electron chi connectivity index (χ2n) is 5.73. The van der Waals surface area contributed by atoms with Crippen LogP contribution in [0.4, 0.5) is 13.6 Å². The first-order valence-corrected chi connectivity index (χ1v) is 9.50. The number of alkyl halides is 2. The molecule has 1 heterocycles. The molecule has 1 saturated heterocycles. The first-order valence-electron chi connectivity index (χ1n) is 8.45. The van der Waals surface area contributed by atoms with E-state index >= 15 is 0 Å². The van der Waals surface area contributed by atoms with E-state index in [1.807, 2.05) is 5.32 Å². The van der Waals surface area contributed by atoms with Gasteiger partial charge in [0.05, 0.1) is 18.4 Å². The second kappa shape index (κ2) is 10.1. The van der Waals surface area contributed by atoms with Gasteiger partial charge in [0, 0.05) is 11.8 Å². The molecule has 0 aromatic heterocycles. The van der Waals surface area contributed by atoms with Crippen LogP contribution in [0.15, 0.2) is 42.7 Å². The number of halogens is 2. The highest BCUT2D eigenvalue weighted by molar-refractivity contribution is 8.00. The zero-order valence-electron chi connectivity index (χ0n) is 15.0. The van der Waals surface area contributed by atoms with Gasteiger partial charge in [-0.05, 0) is 19.1 Å². The molecular formula is C18H20F2N2O5S. The quantitative estimate of drug-likeness (QED) is 0.404. The summed E-state index contributed by atoms with van der Waals surface area (Å²) in [6, 6.07) is 5.50. The Morgan fingerprint density at radius 3 is 2.68 bits per heavy atom. The lowest BCUT2D eigenvalue weighted by atomic mass is 10.1. The standard InChI is InChI=1S/C18H20F2N2O5S/c1-2-26-9-8-15(23)22-17(25)21-13-11-28-14(18(13,19)20)10-27-16(24)12-6-4-3-5-7-12/h3-9,13-14H,2,10-11H2,1H3,(H2,21,22,23,25)/b9-8+/t13-,14+/m1/s1. The fourth-order valence-electron chi connectivity index (χ4n) is 2.32. The first kappa shape index (κ1) is 21.7. The van der Waals surface area contributed by atoms with Crippen LogP contribution in [-0.4, -0.2) is 54.1 Å². The zero-order chi connectivity index (χ0) is 20.6. The lowest BCUT2D eigenvalue weighted by Crippen LogP contribution is -2.53. The fourth-order valence-corrected chi connectivity index (χ4v) is 3.60. The molecule has 10 heteroatoms. The minimum absolute atomic E-state index is 0.0864. The number of rotatable bonds is 7. The van der Waals surface area contributed by atoms with Crippen molar-refractivity contribution in [2.24, 2.45) is 0 Å². The maximum atomic E-state index is 14.5. The Hall–Kier alpha value is -2.62. The predicted molar refractivity (Wildman–Crippen MR) is 99.1 cm³/mol. The maximum absolute atomic E-state index is 14.5. The summed E-state index contributed by atoms with van der Waals surface area (Å²) in [6.45, 7) is 1.56. The van der Waals surface area contributed by atoms with E-state index in [1.165, 1.54) is 12.1 Å². The molecule has 7 nitrogen and oxygen atoms in total. The molecule has 1 aliphatic rings. The fraction of sp³-hybridized carbons (Fsp3) is 0.389. The number of hydrogen-bond donors (Lipinski definition) is 2. The Bertz CT molecular complexity index is 730. The highest BCUT2D eigenvalue weighted by Crippen LogP contribution is 2.40. The summed E-state index contributed by atoms with van der Waals surface area (Å²) < 4.78 is 38.8. The number of urea groups is 1. The molecule has 0 aliphatic carbocycles. The number of thioether (sulfide) groups is 1. The molecule has 3 amide bonds. The van der Waals surface area contributed by atoms with Crippen LogP contribution in [-0.2, 0) is 14.3 Å². The van der Waals surface area contributed by atoms with Gasteiger partial charge in [-0.3, -0.25) is 10.1 Å². The van der Waals surface area contributed by atoms with Crippen molar-refractivity contribution in [1.29, 1.82) is 0 Å². The number of amides is 3. The molecule has 1 aromatic rings. The first-order chi connectivity index (χ1) is 13.3. The van der Waals surface area contributed by atoms with Gasteiger partial charge in [-0.25, -0.2) is 18.4 Å². The van der Waals surface area contributed by atoms with Crippen LogP contribution in [0.3, 0.4) is 0 Å². The van der Waals surface area contributed by atoms with E-state index in [2.05, 4.69) is 5.32 Å². The number of esters is 1. The number of ether oxygens (including phenoxy) is 2. The van der Waals surface area contributed by atoms with E-state index in [1.54, 1.807) is 25.1 Å². The van der Waals surface area contributed by atoms with Crippen molar-refractivity contribution in [1.82, 2.24) is 10.6 Å². The molecule has 28 heavy (non-hydrogen) atoms. The van der Waals surface area contributed by atoms with Crippen LogP contribution in [0.1, 0.15) is 17.3 Å². The Morgan fingerprint density at radius 2 is 2.00 bits per heavy atom. The molecular weight excluding hydrogens is 394 g/mol. The summed E-state index contributed by atoms with van der Waals surface area (Å²) in [7, 11) is 0. The number of carbonyl (C=O) groups is 3. The zero-order valence-corrected chi connectivity index (χ0v) is 15.8. The maximum Gasteiger partial charge on any atom is 0.338 e. The summed E-state index contributed by atoms with van der Waals surface area (Å²) in [6.07, 6.45) is 2.07. The van der Waals surface area contributed by atoms with E-state index in [-0.39, 0.29) is 11.3 Å². The van der Waals surface area contributed by atoms with Crippen molar-refractivity contribution in [3.63, 3.8) is 0 Å². The highest BCUT2D eigenvalue weighted by atomic mass is 32.2. The molecule has 0 unspecified atom stereocenters. The van der Waals surface area contributed by atoms with Crippen LogP contribution in [0.2, 0.25) is 0 Å². The number of imide groups is 1. The molecule has 1 fully saturated rings. The monoisotopic (exact) mass is 414 g/mol. The third kappa shape index (κ3) is 5.95. The number of hydrogen-bond acceptors (Lipinski definition) is 6. The summed E-state index contributed by atoms with van der Waals surface area (Å²) >= 11 is 0.884. The van der Waals surface area contributed by atoms with E-state index < -0.39 is 41.7 Å². The van der Waals surface area contributed by atoms with Gasteiger partial charge in [-0.1, -0.05) is 18.2 Å². The van der Waals surface area contributed by atoms with Gasteiger partial charge in [0.15, 0.2) is 0 Å². The average molecular weight is 414 g/mol. The van der Waals surface area contributed by atoms with Crippen LogP contribution in [0, 0.1) is 0 Å². The minimum atomic E-state index is -3.32. The summed E-state index contributed by atoms with van der Waals surface area (Å²) in [4.78, 5) is 35.1. The van der Waals surface area contributed by atoms with Gasteiger partial charge < -0.3 is 14.8 Å². The van der Waals surface area contributed by atoms with Gasteiger partial charge in [-0.2, -0.15) is 0 Å². The largest absolute Gasteiger partial charge is 0.501 e.